The lowest BCUT2D eigenvalue weighted by atomic mass is 10.2. The van der Waals surface area contributed by atoms with Gasteiger partial charge >= 0.3 is 5.97 Å². The van der Waals surface area contributed by atoms with Crippen LogP contribution in [0.15, 0.2) is 51.8 Å². The fourth-order valence-electron chi connectivity index (χ4n) is 1.61. The molecule has 0 aromatic heterocycles. The minimum Gasteiger partial charge on any atom is -0.506 e. The summed E-state index contributed by atoms with van der Waals surface area (Å²) in [5, 5.41) is 18.6. The van der Waals surface area contributed by atoms with Crippen molar-refractivity contribution in [1.29, 1.82) is 0 Å². The molecule has 110 valence electrons. The number of sulfonamides is 1. The summed E-state index contributed by atoms with van der Waals surface area (Å²) in [5.74, 6) is -1.59. The second-order valence-electron chi connectivity index (χ2n) is 4.07. The molecule has 0 fully saturated rings. The Morgan fingerprint density at radius 3 is 2.43 bits per heavy atom. The smallest absolute Gasteiger partial charge is 0.335 e. The number of phenols is 1. The number of aromatic carboxylic acids is 1. The molecule has 0 aliphatic carbocycles. The summed E-state index contributed by atoms with van der Waals surface area (Å²) >= 11 is 3.13. The van der Waals surface area contributed by atoms with Gasteiger partial charge < -0.3 is 10.2 Å². The van der Waals surface area contributed by atoms with Crippen molar-refractivity contribution < 1.29 is 23.4 Å². The Morgan fingerprint density at radius 1 is 1.14 bits per heavy atom. The number of carboxylic acids is 1. The quantitative estimate of drug-likeness (QED) is 0.716. The molecule has 0 radical (unpaired) electrons. The fourth-order valence-corrected chi connectivity index (χ4v) is 3.68. The summed E-state index contributed by atoms with van der Waals surface area (Å²) in [6.45, 7) is 0. The second kappa shape index (κ2) is 5.74. The van der Waals surface area contributed by atoms with Crippen molar-refractivity contribution in [1.82, 2.24) is 0 Å². The van der Waals surface area contributed by atoms with E-state index in [0.29, 0.717) is 4.47 Å². The van der Waals surface area contributed by atoms with Crippen LogP contribution < -0.4 is 4.72 Å². The molecule has 8 heteroatoms. The second-order valence-corrected chi connectivity index (χ2v) is 6.58. The Bertz CT molecular complexity index is 804. The Morgan fingerprint density at radius 2 is 1.81 bits per heavy atom. The third kappa shape index (κ3) is 3.34. The number of halogens is 1. The van der Waals surface area contributed by atoms with Crippen molar-refractivity contribution in [2.75, 3.05) is 4.72 Å². The number of hydrogen-bond acceptors (Lipinski definition) is 4. The molecule has 0 saturated heterocycles. The van der Waals surface area contributed by atoms with Gasteiger partial charge in [0.2, 0.25) is 0 Å². The molecule has 0 bridgehead atoms. The maximum absolute atomic E-state index is 12.3. The number of phenolic OH excluding ortho intramolecular Hbond substituents is 1. The van der Waals surface area contributed by atoms with Crippen LogP contribution in [-0.2, 0) is 10.0 Å². The minimum atomic E-state index is -3.96. The van der Waals surface area contributed by atoms with Crippen LogP contribution >= 0.6 is 15.9 Å². The normalized spacial score (nSPS) is 11.1. The van der Waals surface area contributed by atoms with Gasteiger partial charge in [-0.1, -0.05) is 12.1 Å². The van der Waals surface area contributed by atoms with E-state index >= 15 is 0 Å². The lowest BCUT2D eigenvalue weighted by Crippen LogP contribution is -2.14. The van der Waals surface area contributed by atoms with Gasteiger partial charge in [0.1, 0.15) is 10.6 Å². The van der Waals surface area contributed by atoms with Crippen molar-refractivity contribution in [3.63, 3.8) is 0 Å². The third-order valence-corrected chi connectivity index (χ3v) is 4.99. The highest BCUT2D eigenvalue weighted by atomic mass is 79.9. The number of benzene rings is 2. The fraction of sp³-hybridized carbons (Fsp3) is 0. The molecule has 2 rings (SSSR count). The topological polar surface area (TPSA) is 104 Å². The van der Waals surface area contributed by atoms with E-state index in [4.69, 9.17) is 5.11 Å². The van der Waals surface area contributed by atoms with E-state index in [9.17, 15) is 18.3 Å². The van der Waals surface area contributed by atoms with E-state index in [1.807, 2.05) is 0 Å². The standard InChI is InChI=1S/C13H10BrNO5S/c14-9-3-1-2-4-12(9)21(19,20)15-10-7-8(13(17)18)5-6-11(10)16/h1-7,15-16H,(H,17,18). The van der Waals surface area contributed by atoms with Crippen LogP contribution in [0, 0.1) is 0 Å². The average molecular weight is 372 g/mol. The highest BCUT2D eigenvalue weighted by Crippen LogP contribution is 2.29. The van der Waals surface area contributed by atoms with E-state index in [0.717, 1.165) is 12.1 Å². The molecule has 0 atom stereocenters. The number of rotatable bonds is 4. The van der Waals surface area contributed by atoms with Gasteiger partial charge in [0, 0.05) is 4.47 Å². The molecular weight excluding hydrogens is 362 g/mol. The molecule has 0 aliphatic rings. The number of anilines is 1. The lowest BCUT2D eigenvalue weighted by Gasteiger charge is -2.11. The molecule has 0 spiro atoms. The highest BCUT2D eigenvalue weighted by Gasteiger charge is 2.19. The van der Waals surface area contributed by atoms with Gasteiger partial charge in [-0.2, -0.15) is 0 Å². The van der Waals surface area contributed by atoms with Gasteiger partial charge in [0.25, 0.3) is 10.0 Å². The maximum Gasteiger partial charge on any atom is 0.335 e. The summed E-state index contributed by atoms with van der Waals surface area (Å²) in [6.07, 6.45) is 0. The van der Waals surface area contributed by atoms with E-state index in [1.165, 1.54) is 12.1 Å². The molecule has 6 nitrogen and oxygen atoms in total. The average Bonchev–Trinajstić information content (AvgIpc) is 2.41. The van der Waals surface area contributed by atoms with Gasteiger partial charge in [0.05, 0.1) is 11.3 Å². The number of carbonyl (C=O) groups is 1. The lowest BCUT2D eigenvalue weighted by molar-refractivity contribution is 0.0697. The van der Waals surface area contributed by atoms with E-state index in [2.05, 4.69) is 20.7 Å². The zero-order valence-corrected chi connectivity index (χ0v) is 12.8. The van der Waals surface area contributed by atoms with Crippen LogP contribution in [0.5, 0.6) is 5.75 Å². The molecule has 2 aromatic carbocycles. The minimum absolute atomic E-state index is 0.0230. The molecular formula is C13H10BrNO5S. The van der Waals surface area contributed by atoms with Crippen molar-refractivity contribution >= 4 is 37.6 Å². The first kappa shape index (κ1) is 15.3. The number of nitrogens with one attached hydrogen (secondary N) is 1. The molecule has 0 heterocycles. The van der Waals surface area contributed by atoms with Crippen molar-refractivity contribution in [3.8, 4) is 5.75 Å². The Kier molecular flexibility index (Phi) is 4.19. The first-order valence-electron chi connectivity index (χ1n) is 5.65. The summed E-state index contributed by atoms with van der Waals surface area (Å²) in [6, 6.07) is 9.48. The monoisotopic (exact) mass is 371 g/mol. The van der Waals surface area contributed by atoms with Crippen molar-refractivity contribution in [2.45, 2.75) is 4.90 Å². The van der Waals surface area contributed by atoms with Crippen LogP contribution in [0.25, 0.3) is 0 Å². The predicted octanol–water partition coefficient (Wildman–Crippen LogP) is 2.65. The number of hydrogen-bond donors (Lipinski definition) is 3. The van der Waals surface area contributed by atoms with E-state index in [-0.39, 0.29) is 21.9 Å². The zero-order valence-electron chi connectivity index (χ0n) is 10.4. The maximum atomic E-state index is 12.3. The molecule has 21 heavy (non-hydrogen) atoms. The van der Waals surface area contributed by atoms with Crippen LogP contribution in [0.3, 0.4) is 0 Å². The summed E-state index contributed by atoms with van der Waals surface area (Å²) in [7, 11) is -3.96. The molecule has 0 unspecified atom stereocenters. The van der Waals surface area contributed by atoms with E-state index < -0.39 is 16.0 Å². The van der Waals surface area contributed by atoms with Gasteiger partial charge in [0.15, 0.2) is 0 Å². The van der Waals surface area contributed by atoms with Crippen LogP contribution in [-0.4, -0.2) is 24.6 Å². The highest BCUT2D eigenvalue weighted by molar-refractivity contribution is 9.10. The van der Waals surface area contributed by atoms with Crippen LogP contribution in [0.4, 0.5) is 5.69 Å². The van der Waals surface area contributed by atoms with Gasteiger partial charge in [-0.15, -0.1) is 0 Å². The van der Waals surface area contributed by atoms with Crippen LogP contribution in [0.2, 0.25) is 0 Å². The van der Waals surface area contributed by atoms with Gasteiger partial charge in [-0.3, -0.25) is 4.72 Å². The number of carboxylic acid groups (broad SMARTS) is 1. The molecule has 0 amide bonds. The largest absolute Gasteiger partial charge is 0.506 e. The number of aromatic hydroxyl groups is 1. The Balaban J connectivity index is 2.44. The van der Waals surface area contributed by atoms with E-state index in [1.54, 1.807) is 18.2 Å². The van der Waals surface area contributed by atoms with Crippen LogP contribution in [0.1, 0.15) is 10.4 Å². The predicted molar refractivity (Wildman–Crippen MR) is 80.0 cm³/mol. The summed E-state index contributed by atoms with van der Waals surface area (Å²) < 4.78 is 27.0. The first-order chi connectivity index (χ1) is 9.81. The van der Waals surface area contributed by atoms with Crippen molar-refractivity contribution in [2.24, 2.45) is 0 Å². The molecule has 3 N–H and O–H groups in total. The SMILES string of the molecule is O=C(O)c1ccc(O)c(NS(=O)(=O)c2ccccc2Br)c1. The Labute approximate surface area is 129 Å². The third-order valence-electron chi connectivity index (χ3n) is 2.61. The zero-order chi connectivity index (χ0) is 15.6. The van der Waals surface area contributed by atoms with Crippen molar-refractivity contribution in [3.05, 3.63) is 52.5 Å². The summed E-state index contributed by atoms with van der Waals surface area (Å²) in [5.41, 5.74) is -0.344. The molecule has 0 saturated carbocycles. The molecule has 2 aromatic rings. The Hall–Kier alpha value is -2.06. The summed E-state index contributed by atoms with van der Waals surface area (Å²) in [4.78, 5) is 10.9. The molecule has 0 aliphatic heterocycles. The first-order valence-corrected chi connectivity index (χ1v) is 7.92. The van der Waals surface area contributed by atoms with Gasteiger partial charge in [-0.05, 0) is 46.3 Å². The van der Waals surface area contributed by atoms with Gasteiger partial charge in [-0.25, -0.2) is 13.2 Å².